The van der Waals surface area contributed by atoms with Crippen molar-refractivity contribution in [1.82, 2.24) is 0 Å². The molecule has 0 spiro atoms. The Morgan fingerprint density at radius 2 is 1.68 bits per heavy atom. The molecule has 0 bridgehead atoms. The molecule has 0 aliphatic rings. The molecule has 0 aromatic heterocycles. The van der Waals surface area contributed by atoms with Gasteiger partial charge in [-0.2, -0.15) is 13.2 Å². The minimum absolute atomic E-state index is 0.318. The maximum Gasteiger partial charge on any atom is 0.416 e. The van der Waals surface area contributed by atoms with Crippen molar-refractivity contribution in [1.29, 1.82) is 0 Å². The summed E-state index contributed by atoms with van der Waals surface area (Å²) in [6.07, 6.45) is 7.38. The van der Waals surface area contributed by atoms with Crippen LogP contribution in [0.5, 0.6) is 0 Å². The van der Waals surface area contributed by atoms with E-state index in [-0.39, 0.29) is 0 Å². The Kier molecular flexibility index (Phi) is 9.97. The second kappa shape index (κ2) is 11.7. The van der Waals surface area contributed by atoms with E-state index in [9.17, 15) is 18.0 Å². The molecule has 140 valence electrons. The Morgan fingerprint density at radius 3 is 2.32 bits per heavy atom. The summed E-state index contributed by atoms with van der Waals surface area (Å²) >= 11 is 0. The molecule has 25 heavy (non-hydrogen) atoms. The fourth-order valence-electron chi connectivity index (χ4n) is 2.44. The fourth-order valence-corrected chi connectivity index (χ4v) is 2.44. The van der Waals surface area contributed by atoms with Gasteiger partial charge in [-0.3, -0.25) is 0 Å². The zero-order valence-electron chi connectivity index (χ0n) is 14.8. The molecule has 1 aromatic carbocycles. The van der Waals surface area contributed by atoms with Crippen LogP contribution < -0.4 is 0 Å². The SMILES string of the molecule is CCCCCCCCCCOC(=O)/C=C/c1cccc(C(F)(F)F)c1. The highest BCUT2D eigenvalue weighted by Gasteiger charge is 2.30. The van der Waals surface area contributed by atoms with Crippen LogP contribution in [-0.4, -0.2) is 12.6 Å². The smallest absolute Gasteiger partial charge is 0.416 e. The van der Waals surface area contributed by atoms with Gasteiger partial charge in [-0.05, 0) is 30.2 Å². The second-order valence-corrected chi connectivity index (χ2v) is 6.10. The first-order valence-electron chi connectivity index (χ1n) is 8.95. The van der Waals surface area contributed by atoms with Crippen molar-refractivity contribution in [3.05, 3.63) is 41.5 Å². The van der Waals surface area contributed by atoms with E-state index < -0.39 is 17.7 Å². The van der Waals surface area contributed by atoms with E-state index in [1.165, 1.54) is 56.4 Å². The monoisotopic (exact) mass is 356 g/mol. The topological polar surface area (TPSA) is 26.3 Å². The van der Waals surface area contributed by atoms with E-state index in [1.54, 1.807) is 0 Å². The lowest BCUT2D eigenvalue weighted by Crippen LogP contribution is -2.04. The molecular weight excluding hydrogens is 329 g/mol. The third-order valence-electron chi connectivity index (χ3n) is 3.87. The number of esters is 1. The van der Waals surface area contributed by atoms with E-state index in [2.05, 4.69) is 6.92 Å². The molecule has 0 saturated carbocycles. The number of rotatable bonds is 11. The van der Waals surface area contributed by atoms with Gasteiger partial charge in [-0.15, -0.1) is 0 Å². The molecule has 0 aliphatic carbocycles. The summed E-state index contributed by atoms with van der Waals surface area (Å²) in [4.78, 5) is 11.6. The summed E-state index contributed by atoms with van der Waals surface area (Å²) in [6, 6.07) is 4.83. The largest absolute Gasteiger partial charge is 0.463 e. The first-order chi connectivity index (χ1) is 11.9. The van der Waals surface area contributed by atoms with Crippen LogP contribution in [0.4, 0.5) is 13.2 Å². The van der Waals surface area contributed by atoms with Crippen molar-refractivity contribution in [3.63, 3.8) is 0 Å². The highest BCUT2D eigenvalue weighted by molar-refractivity contribution is 5.87. The predicted molar refractivity (Wildman–Crippen MR) is 94.0 cm³/mol. The third kappa shape index (κ3) is 9.95. The van der Waals surface area contributed by atoms with Gasteiger partial charge < -0.3 is 4.74 Å². The van der Waals surface area contributed by atoms with Crippen LogP contribution in [0, 0.1) is 0 Å². The number of benzene rings is 1. The highest BCUT2D eigenvalue weighted by atomic mass is 19.4. The fraction of sp³-hybridized carbons (Fsp3) is 0.550. The number of unbranched alkanes of at least 4 members (excludes halogenated alkanes) is 7. The van der Waals surface area contributed by atoms with Crippen LogP contribution in [0.2, 0.25) is 0 Å². The average Bonchev–Trinajstić information content (AvgIpc) is 2.58. The molecule has 0 heterocycles. The van der Waals surface area contributed by atoms with Crippen molar-refractivity contribution in [2.45, 2.75) is 64.5 Å². The minimum atomic E-state index is -4.39. The van der Waals surface area contributed by atoms with Gasteiger partial charge in [0, 0.05) is 6.08 Å². The molecule has 2 nitrogen and oxygen atoms in total. The second-order valence-electron chi connectivity index (χ2n) is 6.10. The van der Waals surface area contributed by atoms with Crippen molar-refractivity contribution in [2.24, 2.45) is 0 Å². The summed E-state index contributed by atoms with van der Waals surface area (Å²) in [5.41, 5.74) is -0.416. The van der Waals surface area contributed by atoms with Crippen LogP contribution in [0.3, 0.4) is 0 Å². The molecule has 0 atom stereocenters. The molecule has 1 aromatic rings. The zero-order valence-corrected chi connectivity index (χ0v) is 14.8. The Labute approximate surface area is 148 Å². The highest BCUT2D eigenvalue weighted by Crippen LogP contribution is 2.29. The van der Waals surface area contributed by atoms with E-state index >= 15 is 0 Å². The molecule has 0 radical (unpaired) electrons. The van der Waals surface area contributed by atoms with Crippen LogP contribution in [0.1, 0.15) is 69.4 Å². The van der Waals surface area contributed by atoms with E-state index in [0.717, 1.165) is 31.4 Å². The van der Waals surface area contributed by atoms with E-state index in [1.807, 2.05) is 0 Å². The number of hydrogen-bond donors (Lipinski definition) is 0. The first-order valence-corrected chi connectivity index (χ1v) is 8.95. The molecular formula is C20H27F3O2. The Hall–Kier alpha value is -1.78. The normalized spacial score (nSPS) is 11.8. The van der Waals surface area contributed by atoms with Gasteiger partial charge in [-0.25, -0.2) is 4.79 Å². The van der Waals surface area contributed by atoms with Gasteiger partial charge >= 0.3 is 12.1 Å². The number of ether oxygens (including phenoxy) is 1. The molecule has 5 heteroatoms. The van der Waals surface area contributed by atoms with Gasteiger partial charge in [0.25, 0.3) is 0 Å². The molecule has 0 amide bonds. The summed E-state index contributed by atoms with van der Waals surface area (Å²) in [7, 11) is 0. The lowest BCUT2D eigenvalue weighted by molar-refractivity contribution is -0.138. The van der Waals surface area contributed by atoms with Crippen molar-refractivity contribution in [2.75, 3.05) is 6.61 Å². The number of hydrogen-bond acceptors (Lipinski definition) is 2. The van der Waals surface area contributed by atoms with Crippen LogP contribution >= 0.6 is 0 Å². The van der Waals surface area contributed by atoms with Gasteiger partial charge in [-0.1, -0.05) is 64.0 Å². The molecule has 0 saturated heterocycles. The summed E-state index contributed by atoms with van der Waals surface area (Å²) in [6.45, 7) is 2.54. The summed E-state index contributed by atoms with van der Waals surface area (Å²) < 4.78 is 42.9. The molecule has 0 N–H and O–H groups in total. The number of halogens is 3. The van der Waals surface area contributed by atoms with Crippen molar-refractivity contribution < 1.29 is 22.7 Å². The quantitative estimate of drug-likeness (QED) is 0.260. The minimum Gasteiger partial charge on any atom is -0.463 e. The number of carbonyl (C=O) groups is 1. The molecule has 0 unspecified atom stereocenters. The maximum absolute atomic E-state index is 12.6. The van der Waals surface area contributed by atoms with Gasteiger partial charge in [0.2, 0.25) is 0 Å². The number of carbonyl (C=O) groups excluding carboxylic acids is 1. The van der Waals surface area contributed by atoms with Crippen LogP contribution in [0.25, 0.3) is 6.08 Å². The number of alkyl halides is 3. The standard InChI is InChI=1S/C20H27F3O2/c1-2-3-4-5-6-7-8-9-15-25-19(24)14-13-17-11-10-12-18(16-17)20(21,22)23/h10-14,16H,2-9,15H2,1H3/b14-13+. The Balaban J connectivity index is 2.21. The van der Waals surface area contributed by atoms with Gasteiger partial charge in [0.15, 0.2) is 0 Å². The van der Waals surface area contributed by atoms with Gasteiger partial charge in [0.05, 0.1) is 12.2 Å². The Bertz CT molecular complexity index is 536. The molecule has 0 fully saturated rings. The molecule has 1 rings (SSSR count). The van der Waals surface area contributed by atoms with E-state index in [4.69, 9.17) is 4.74 Å². The van der Waals surface area contributed by atoms with Gasteiger partial charge in [0.1, 0.15) is 0 Å². The Morgan fingerprint density at radius 1 is 1.04 bits per heavy atom. The zero-order chi connectivity index (χ0) is 18.5. The first kappa shape index (κ1) is 21.3. The lowest BCUT2D eigenvalue weighted by atomic mass is 10.1. The van der Waals surface area contributed by atoms with Crippen LogP contribution in [-0.2, 0) is 15.7 Å². The average molecular weight is 356 g/mol. The summed E-state index contributed by atoms with van der Waals surface area (Å²) in [5, 5.41) is 0. The maximum atomic E-state index is 12.6. The summed E-state index contributed by atoms with van der Waals surface area (Å²) in [5.74, 6) is -0.527. The molecule has 0 aliphatic heterocycles. The third-order valence-corrected chi connectivity index (χ3v) is 3.87. The predicted octanol–water partition coefficient (Wildman–Crippen LogP) is 6.40. The van der Waals surface area contributed by atoms with Crippen molar-refractivity contribution >= 4 is 12.0 Å². The lowest BCUT2D eigenvalue weighted by Gasteiger charge is -2.06. The van der Waals surface area contributed by atoms with Crippen molar-refractivity contribution in [3.8, 4) is 0 Å². The van der Waals surface area contributed by atoms with E-state index in [0.29, 0.717) is 12.2 Å². The van der Waals surface area contributed by atoms with Crippen LogP contribution in [0.15, 0.2) is 30.3 Å².